The van der Waals surface area contributed by atoms with Gasteiger partial charge in [0.05, 0.1) is 0 Å². The number of rotatable bonds is 3. The first kappa shape index (κ1) is 8.82. The topological polar surface area (TPSA) is 40.9 Å². The second-order valence-electron chi connectivity index (χ2n) is 2.20. The zero-order valence-corrected chi connectivity index (χ0v) is 7.17. The van der Waals surface area contributed by atoms with Gasteiger partial charge in [-0.1, -0.05) is 24.3 Å². The molecular weight excluding hydrogens is 170 g/mol. The van der Waals surface area contributed by atoms with Crippen LogP contribution in [0.25, 0.3) is 0 Å². The van der Waals surface area contributed by atoms with Crippen molar-refractivity contribution in [2.24, 2.45) is 0 Å². The number of hydrogen-bond acceptors (Lipinski definition) is 3. The first-order valence-corrected chi connectivity index (χ1v) is 4.41. The van der Waals surface area contributed by atoms with Crippen LogP contribution in [0.1, 0.15) is 15.9 Å². The summed E-state index contributed by atoms with van der Waals surface area (Å²) >= 11 is 1.14. The lowest BCUT2D eigenvalue weighted by molar-refractivity contribution is 0.112. The molecule has 0 aromatic heterocycles. The summed E-state index contributed by atoms with van der Waals surface area (Å²) in [4.78, 5) is 10.5. The highest BCUT2D eigenvalue weighted by Gasteiger charge is 1.98. The molecule has 1 rings (SSSR count). The van der Waals surface area contributed by atoms with E-state index in [1.165, 1.54) is 0 Å². The predicted molar refractivity (Wildman–Crippen MR) is 48.7 cm³/mol. The minimum atomic E-state index is 0.575. The third-order valence-electron chi connectivity index (χ3n) is 1.47. The molecule has 0 aliphatic heterocycles. The number of thiocyanates is 1. The van der Waals surface area contributed by atoms with Gasteiger partial charge >= 0.3 is 0 Å². The van der Waals surface area contributed by atoms with Crippen LogP contribution in [-0.4, -0.2) is 6.29 Å². The van der Waals surface area contributed by atoms with Crippen molar-refractivity contribution in [2.75, 3.05) is 0 Å². The third-order valence-corrected chi connectivity index (χ3v) is 2.06. The number of nitrogens with zero attached hydrogens (tertiary/aromatic N) is 1. The van der Waals surface area contributed by atoms with Crippen molar-refractivity contribution < 1.29 is 4.79 Å². The van der Waals surface area contributed by atoms with Crippen molar-refractivity contribution in [3.63, 3.8) is 0 Å². The monoisotopic (exact) mass is 177 g/mol. The maximum Gasteiger partial charge on any atom is 0.150 e. The van der Waals surface area contributed by atoms with Crippen molar-refractivity contribution in [1.29, 1.82) is 5.26 Å². The van der Waals surface area contributed by atoms with E-state index in [0.717, 1.165) is 23.6 Å². The maximum atomic E-state index is 10.5. The highest BCUT2D eigenvalue weighted by atomic mass is 32.2. The van der Waals surface area contributed by atoms with Crippen LogP contribution >= 0.6 is 11.8 Å². The Bertz CT molecular complexity index is 317. The molecule has 0 saturated heterocycles. The minimum absolute atomic E-state index is 0.575. The van der Waals surface area contributed by atoms with E-state index < -0.39 is 0 Å². The van der Waals surface area contributed by atoms with Gasteiger partial charge in [0.2, 0.25) is 0 Å². The molecule has 12 heavy (non-hydrogen) atoms. The number of benzene rings is 1. The molecule has 0 heterocycles. The smallest absolute Gasteiger partial charge is 0.150 e. The van der Waals surface area contributed by atoms with Crippen molar-refractivity contribution >= 4 is 18.0 Å². The molecule has 1 aromatic rings. The molecule has 0 aliphatic carbocycles. The lowest BCUT2D eigenvalue weighted by Crippen LogP contribution is -1.88. The largest absolute Gasteiger partial charge is 0.298 e. The van der Waals surface area contributed by atoms with Gasteiger partial charge in [-0.3, -0.25) is 4.79 Å². The van der Waals surface area contributed by atoms with E-state index in [1.54, 1.807) is 6.07 Å². The Hall–Kier alpha value is -1.27. The number of carbonyl (C=O) groups excluding carboxylic acids is 1. The fourth-order valence-electron chi connectivity index (χ4n) is 0.891. The molecule has 0 bridgehead atoms. The number of hydrogen-bond donors (Lipinski definition) is 0. The van der Waals surface area contributed by atoms with E-state index in [-0.39, 0.29) is 0 Å². The number of aldehydes is 1. The summed E-state index contributed by atoms with van der Waals surface area (Å²) in [6.07, 6.45) is 0.813. The minimum Gasteiger partial charge on any atom is -0.298 e. The summed E-state index contributed by atoms with van der Waals surface area (Å²) in [5, 5.41) is 10.3. The van der Waals surface area contributed by atoms with Crippen LogP contribution in [0.15, 0.2) is 24.3 Å². The summed E-state index contributed by atoms with van der Waals surface area (Å²) in [6, 6.07) is 7.28. The van der Waals surface area contributed by atoms with E-state index in [2.05, 4.69) is 0 Å². The van der Waals surface area contributed by atoms with Gasteiger partial charge in [-0.15, -0.1) is 0 Å². The summed E-state index contributed by atoms with van der Waals surface area (Å²) in [5.41, 5.74) is 1.58. The first-order valence-electron chi connectivity index (χ1n) is 3.42. The zero-order valence-electron chi connectivity index (χ0n) is 6.36. The van der Waals surface area contributed by atoms with Crippen molar-refractivity contribution in [1.82, 2.24) is 0 Å². The third kappa shape index (κ3) is 2.11. The van der Waals surface area contributed by atoms with Crippen LogP contribution in [0.3, 0.4) is 0 Å². The highest BCUT2D eigenvalue weighted by Crippen LogP contribution is 2.13. The van der Waals surface area contributed by atoms with E-state index in [4.69, 9.17) is 5.26 Å². The van der Waals surface area contributed by atoms with Crippen molar-refractivity contribution in [3.05, 3.63) is 35.4 Å². The van der Waals surface area contributed by atoms with Gasteiger partial charge in [0.15, 0.2) is 0 Å². The molecule has 0 amide bonds. The molecule has 60 valence electrons. The molecule has 1 aromatic carbocycles. The van der Waals surface area contributed by atoms with Gasteiger partial charge in [-0.2, -0.15) is 5.26 Å². The first-order chi connectivity index (χ1) is 5.88. The molecule has 0 radical (unpaired) electrons. The van der Waals surface area contributed by atoms with Gasteiger partial charge in [0.1, 0.15) is 11.7 Å². The summed E-state index contributed by atoms with van der Waals surface area (Å²) in [7, 11) is 0. The molecular formula is C9H7NOS. The normalized spacial score (nSPS) is 8.92. The lowest BCUT2D eigenvalue weighted by Gasteiger charge is -1.98. The maximum absolute atomic E-state index is 10.5. The predicted octanol–water partition coefficient (Wildman–Crippen LogP) is 2.21. The van der Waals surface area contributed by atoms with E-state index in [9.17, 15) is 4.79 Å². The summed E-state index contributed by atoms with van der Waals surface area (Å²) in [6.45, 7) is 0. The van der Waals surface area contributed by atoms with Crippen LogP contribution in [0.5, 0.6) is 0 Å². The Kier molecular flexibility index (Phi) is 3.36. The average Bonchev–Trinajstić information content (AvgIpc) is 2.15. The number of nitriles is 1. The quantitative estimate of drug-likeness (QED) is 0.525. The Morgan fingerprint density at radius 3 is 2.92 bits per heavy atom. The van der Waals surface area contributed by atoms with E-state index in [1.807, 2.05) is 23.6 Å². The zero-order chi connectivity index (χ0) is 8.81. The molecule has 0 N–H and O–H groups in total. The van der Waals surface area contributed by atoms with Crippen LogP contribution in [0, 0.1) is 10.7 Å². The Morgan fingerprint density at radius 2 is 2.25 bits per heavy atom. The molecule has 0 unspecified atom stereocenters. The second-order valence-corrected chi connectivity index (χ2v) is 2.96. The van der Waals surface area contributed by atoms with Crippen molar-refractivity contribution in [2.45, 2.75) is 5.75 Å². The van der Waals surface area contributed by atoms with E-state index >= 15 is 0 Å². The Morgan fingerprint density at radius 1 is 1.50 bits per heavy atom. The molecule has 2 nitrogen and oxygen atoms in total. The van der Waals surface area contributed by atoms with Crippen LogP contribution in [0.4, 0.5) is 0 Å². The molecule has 3 heteroatoms. The van der Waals surface area contributed by atoms with E-state index in [0.29, 0.717) is 11.3 Å². The van der Waals surface area contributed by atoms with Gasteiger partial charge in [0.25, 0.3) is 0 Å². The second kappa shape index (κ2) is 4.58. The summed E-state index contributed by atoms with van der Waals surface area (Å²) in [5.74, 6) is 0.575. The lowest BCUT2D eigenvalue weighted by atomic mass is 10.1. The Labute approximate surface area is 75.2 Å². The molecule has 0 fully saturated rings. The van der Waals surface area contributed by atoms with Gasteiger partial charge in [-0.25, -0.2) is 0 Å². The fraction of sp³-hybridized carbons (Fsp3) is 0.111. The van der Waals surface area contributed by atoms with Crippen LogP contribution < -0.4 is 0 Å². The molecule has 0 spiro atoms. The van der Waals surface area contributed by atoms with Crippen molar-refractivity contribution in [3.8, 4) is 5.40 Å². The number of carbonyl (C=O) groups is 1. The number of thioether (sulfide) groups is 1. The van der Waals surface area contributed by atoms with Gasteiger partial charge in [-0.05, 0) is 17.3 Å². The average molecular weight is 177 g/mol. The van der Waals surface area contributed by atoms with Gasteiger partial charge in [0, 0.05) is 11.3 Å². The molecule has 0 atom stereocenters. The van der Waals surface area contributed by atoms with Crippen LogP contribution in [-0.2, 0) is 5.75 Å². The summed E-state index contributed by atoms with van der Waals surface area (Å²) < 4.78 is 0. The fourth-order valence-corrected chi connectivity index (χ4v) is 1.37. The highest BCUT2D eigenvalue weighted by molar-refractivity contribution is 8.02. The standard InChI is InChI=1S/C9H7NOS/c10-7-12-6-9-4-2-1-3-8(9)5-11/h1-5H,6H2. The van der Waals surface area contributed by atoms with Gasteiger partial charge < -0.3 is 0 Å². The SMILES string of the molecule is N#CSCc1ccccc1C=O. The Balaban J connectivity index is 2.83. The molecule has 0 aliphatic rings. The molecule has 0 saturated carbocycles. The van der Waals surface area contributed by atoms with Crippen LogP contribution in [0.2, 0.25) is 0 Å².